The Hall–Kier alpha value is -2.02. The Morgan fingerprint density at radius 3 is 2.57 bits per heavy atom. The van der Waals surface area contributed by atoms with Gasteiger partial charge in [-0.25, -0.2) is 8.78 Å². The van der Waals surface area contributed by atoms with Crippen molar-refractivity contribution >= 4 is 17.5 Å². The molecule has 0 spiro atoms. The lowest BCUT2D eigenvalue weighted by atomic mass is 9.99. The number of carbonyl (C=O) groups excluding carboxylic acids is 2. The SMILES string of the molecule is O=C(CNC(=O)C1CCOCC1)Nc1ccc(F)c(F)c1. The van der Waals surface area contributed by atoms with Crippen LogP contribution >= 0.6 is 0 Å². The lowest BCUT2D eigenvalue weighted by Gasteiger charge is -2.21. The summed E-state index contributed by atoms with van der Waals surface area (Å²) in [6.07, 6.45) is 1.27. The Morgan fingerprint density at radius 1 is 1.19 bits per heavy atom. The molecule has 7 heteroatoms. The lowest BCUT2D eigenvalue weighted by Crippen LogP contribution is -2.38. The first-order chi connectivity index (χ1) is 10.1. The maximum atomic E-state index is 13.0. The third-order valence-electron chi connectivity index (χ3n) is 3.22. The maximum absolute atomic E-state index is 13.0. The second-order valence-electron chi connectivity index (χ2n) is 4.78. The summed E-state index contributed by atoms with van der Waals surface area (Å²) >= 11 is 0. The first-order valence-corrected chi connectivity index (χ1v) is 6.66. The number of rotatable bonds is 4. The van der Waals surface area contributed by atoms with Gasteiger partial charge in [-0.3, -0.25) is 9.59 Å². The molecule has 0 aliphatic carbocycles. The van der Waals surface area contributed by atoms with E-state index in [2.05, 4.69) is 10.6 Å². The second-order valence-corrected chi connectivity index (χ2v) is 4.78. The van der Waals surface area contributed by atoms with Crippen molar-refractivity contribution in [1.82, 2.24) is 5.32 Å². The van der Waals surface area contributed by atoms with E-state index in [1.165, 1.54) is 6.07 Å². The van der Waals surface area contributed by atoms with Crippen molar-refractivity contribution < 1.29 is 23.1 Å². The van der Waals surface area contributed by atoms with Crippen LogP contribution in [0.15, 0.2) is 18.2 Å². The molecular formula is C14H16F2N2O3. The van der Waals surface area contributed by atoms with Gasteiger partial charge in [0.25, 0.3) is 0 Å². The topological polar surface area (TPSA) is 67.4 Å². The van der Waals surface area contributed by atoms with E-state index < -0.39 is 17.5 Å². The highest BCUT2D eigenvalue weighted by atomic mass is 19.2. The van der Waals surface area contributed by atoms with Gasteiger partial charge in [0.1, 0.15) is 0 Å². The summed E-state index contributed by atoms with van der Waals surface area (Å²) in [5.74, 6) is -2.87. The zero-order valence-corrected chi connectivity index (χ0v) is 11.3. The molecule has 1 aliphatic heterocycles. The van der Waals surface area contributed by atoms with Gasteiger partial charge in [0.2, 0.25) is 11.8 Å². The van der Waals surface area contributed by atoms with Gasteiger partial charge in [0, 0.05) is 30.9 Å². The van der Waals surface area contributed by atoms with E-state index in [1.54, 1.807) is 0 Å². The Balaban J connectivity index is 1.78. The third kappa shape index (κ3) is 4.49. The van der Waals surface area contributed by atoms with Crippen molar-refractivity contribution in [3.63, 3.8) is 0 Å². The number of anilines is 1. The quantitative estimate of drug-likeness (QED) is 0.884. The Kier molecular flexibility index (Phi) is 5.21. The van der Waals surface area contributed by atoms with Gasteiger partial charge >= 0.3 is 0 Å². The van der Waals surface area contributed by atoms with Crippen LogP contribution < -0.4 is 10.6 Å². The highest BCUT2D eigenvalue weighted by Gasteiger charge is 2.21. The fourth-order valence-electron chi connectivity index (χ4n) is 2.05. The van der Waals surface area contributed by atoms with Crippen molar-refractivity contribution in [2.24, 2.45) is 5.92 Å². The van der Waals surface area contributed by atoms with E-state index in [1.807, 2.05) is 0 Å². The van der Waals surface area contributed by atoms with Gasteiger partial charge in [-0.15, -0.1) is 0 Å². The molecule has 1 aromatic rings. The standard InChI is InChI=1S/C14H16F2N2O3/c15-11-2-1-10(7-12(11)16)18-13(19)8-17-14(20)9-3-5-21-6-4-9/h1-2,7,9H,3-6,8H2,(H,17,20)(H,18,19). The molecule has 1 fully saturated rings. The number of carbonyl (C=O) groups is 2. The van der Waals surface area contributed by atoms with Crippen LogP contribution in [-0.2, 0) is 14.3 Å². The molecule has 21 heavy (non-hydrogen) atoms. The predicted octanol–water partition coefficient (Wildman–Crippen LogP) is 1.45. The number of hydrogen-bond acceptors (Lipinski definition) is 3. The maximum Gasteiger partial charge on any atom is 0.243 e. The average Bonchev–Trinajstić information content (AvgIpc) is 2.49. The second kappa shape index (κ2) is 7.12. The Morgan fingerprint density at radius 2 is 1.90 bits per heavy atom. The summed E-state index contributed by atoms with van der Waals surface area (Å²) in [6, 6.07) is 3.05. The molecule has 0 aromatic heterocycles. The van der Waals surface area contributed by atoms with Gasteiger partial charge in [0.15, 0.2) is 11.6 Å². The summed E-state index contributed by atoms with van der Waals surface area (Å²) in [6.45, 7) is 0.869. The summed E-state index contributed by atoms with van der Waals surface area (Å²) < 4.78 is 30.9. The smallest absolute Gasteiger partial charge is 0.243 e. The Bertz CT molecular complexity index is 531. The fourth-order valence-corrected chi connectivity index (χ4v) is 2.05. The lowest BCUT2D eigenvalue weighted by molar-refractivity contribution is -0.129. The highest BCUT2D eigenvalue weighted by Crippen LogP contribution is 2.15. The number of nitrogens with one attached hydrogen (secondary N) is 2. The minimum atomic E-state index is -1.04. The van der Waals surface area contributed by atoms with Crippen molar-refractivity contribution in [3.8, 4) is 0 Å². The van der Waals surface area contributed by atoms with E-state index in [9.17, 15) is 18.4 Å². The highest BCUT2D eigenvalue weighted by molar-refractivity contribution is 5.94. The molecule has 1 aromatic carbocycles. The molecule has 2 amide bonds. The van der Waals surface area contributed by atoms with Crippen LogP contribution in [0.5, 0.6) is 0 Å². The molecule has 1 saturated heterocycles. The molecule has 1 aliphatic rings. The molecular weight excluding hydrogens is 282 g/mol. The van der Waals surface area contributed by atoms with Crippen LogP contribution in [0.4, 0.5) is 14.5 Å². The normalized spacial score (nSPS) is 15.5. The van der Waals surface area contributed by atoms with Gasteiger partial charge in [0.05, 0.1) is 6.54 Å². The molecule has 0 saturated carbocycles. The van der Waals surface area contributed by atoms with Crippen LogP contribution in [0.1, 0.15) is 12.8 Å². The molecule has 0 atom stereocenters. The van der Waals surface area contributed by atoms with Crippen LogP contribution in [-0.4, -0.2) is 31.6 Å². The molecule has 1 heterocycles. The van der Waals surface area contributed by atoms with Crippen LogP contribution in [0, 0.1) is 17.6 Å². The minimum absolute atomic E-state index is 0.138. The van der Waals surface area contributed by atoms with Gasteiger partial charge in [-0.2, -0.15) is 0 Å². The van der Waals surface area contributed by atoms with Crippen molar-refractivity contribution in [1.29, 1.82) is 0 Å². The summed E-state index contributed by atoms with van der Waals surface area (Å²) in [5, 5.41) is 4.91. The molecule has 5 nitrogen and oxygen atoms in total. The largest absolute Gasteiger partial charge is 0.381 e. The number of ether oxygens (including phenoxy) is 1. The monoisotopic (exact) mass is 298 g/mol. The molecule has 0 unspecified atom stereocenters. The molecule has 0 bridgehead atoms. The van der Waals surface area contributed by atoms with E-state index in [0.717, 1.165) is 12.1 Å². The van der Waals surface area contributed by atoms with Crippen LogP contribution in [0.25, 0.3) is 0 Å². The first-order valence-electron chi connectivity index (χ1n) is 6.66. The molecule has 0 radical (unpaired) electrons. The third-order valence-corrected chi connectivity index (χ3v) is 3.22. The summed E-state index contributed by atoms with van der Waals surface area (Å²) in [5.41, 5.74) is 0.138. The van der Waals surface area contributed by atoms with Crippen molar-refractivity contribution in [2.75, 3.05) is 25.1 Å². The number of amides is 2. The van der Waals surface area contributed by atoms with Gasteiger partial charge < -0.3 is 15.4 Å². The Labute approximate surface area is 120 Å². The summed E-state index contributed by atoms with van der Waals surface area (Å²) in [7, 11) is 0. The minimum Gasteiger partial charge on any atom is -0.381 e. The van der Waals surface area contributed by atoms with E-state index in [0.29, 0.717) is 26.1 Å². The zero-order valence-electron chi connectivity index (χ0n) is 11.3. The predicted molar refractivity (Wildman–Crippen MR) is 71.5 cm³/mol. The van der Waals surface area contributed by atoms with Crippen LogP contribution in [0.3, 0.4) is 0 Å². The molecule has 2 rings (SSSR count). The average molecular weight is 298 g/mol. The first kappa shape index (κ1) is 15.4. The van der Waals surface area contributed by atoms with Crippen molar-refractivity contribution in [2.45, 2.75) is 12.8 Å². The van der Waals surface area contributed by atoms with Crippen LogP contribution in [0.2, 0.25) is 0 Å². The van der Waals surface area contributed by atoms with E-state index in [4.69, 9.17) is 4.74 Å². The van der Waals surface area contributed by atoms with E-state index in [-0.39, 0.29) is 24.1 Å². The van der Waals surface area contributed by atoms with Crippen molar-refractivity contribution in [3.05, 3.63) is 29.8 Å². The summed E-state index contributed by atoms with van der Waals surface area (Å²) in [4.78, 5) is 23.4. The van der Waals surface area contributed by atoms with E-state index >= 15 is 0 Å². The number of halogens is 2. The number of hydrogen-bond donors (Lipinski definition) is 2. The van der Waals surface area contributed by atoms with Gasteiger partial charge in [-0.1, -0.05) is 0 Å². The molecule has 2 N–H and O–H groups in total. The zero-order chi connectivity index (χ0) is 15.2. The number of benzene rings is 1. The fraction of sp³-hybridized carbons (Fsp3) is 0.429. The van der Waals surface area contributed by atoms with Gasteiger partial charge in [-0.05, 0) is 25.0 Å². The molecule has 114 valence electrons.